The van der Waals surface area contributed by atoms with Gasteiger partial charge in [-0.05, 0) is 61.2 Å². The number of carbonyl (C=O) groups is 1. The second kappa shape index (κ2) is 7.34. The third kappa shape index (κ3) is 3.65. The van der Waals surface area contributed by atoms with Gasteiger partial charge >= 0.3 is 0 Å². The molecular formula is C21H22ClN3O. The Labute approximate surface area is 158 Å². The average molecular weight is 368 g/mol. The van der Waals surface area contributed by atoms with Crippen LogP contribution in [0.5, 0.6) is 0 Å². The highest BCUT2D eigenvalue weighted by molar-refractivity contribution is 6.30. The lowest BCUT2D eigenvalue weighted by molar-refractivity contribution is 0.102. The lowest BCUT2D eigenvalue weighted by Crippen LogP contribution is -2.16. The van der Waals surface area contributed by atoms with Gasteiger partial charge in [0.25, 0.3) is 5.91 Å². The van der Waals surface area contributed by atoms with Gasteiger partial charge in [-0.2, -0.15) is 5.10 Å². The van der Waals surface area contributed by atoms with E-state index in [2.05, 4.69) is 24.3 Å². The Hall–Kier alpha value is -2.59. The maximum absolute atomic E-state index is 12.9. The van der Waals surface area contributed by atoms with Crippen LogP contribution in [0.2, 0.25) is 5.02 Å². The number of rotatable bonds is 4. The fourth-order valence-corrected chi connectivity index (χ4v) is 3.06. The zero-order valence-electron chi connectivity index (χ0n) is 15.4. The van der Waals surface area contributed by atoms with E-state index in [1.54, 1.807) is 10.9 Å². The summed E-state index contributed by atoms with van der Waals surface area (Å²) >= 11 is 5.98. The van der Waals surface area contributed by atoms with Gasteiger partial charge in [0.2, 0.25) is 0 Å². The first-order valence-electron chi connectivity index (χ1n) is 8.59. The summed E-state index contributed by atoms with van der Waals surface area (Å²) in [6, 6.07) is 13.4. The van der Waals surface area contributed by atoms with Gasteiger partial charge in [-0.3, -0.25) is 4.79 Å². The molecule has 0 unspecified atom stereocenters. The molecule has 1 N–H and O–H groups in total. The summed E-state index contributed by atoms with van der Waals surface area (Å²) in [5.74, 6) is -0.0184. The maximum atomic E-state index is 12.9. The van der Waals surface area contributed by atoms with Gasteiger partial charge in [-0.1, -0.05) is 37.6 Å². The van der Waals surface area contributed by atoms with Crippen molar-refractivity contribution >= 4 is 23.2 Å². The Morgan fingerprint density at radius 1 is 1.12 bits per heavy atom. The maximum Gasteiger partial charge on any atom is 0.259 e. The molecule has 0 spiro atoms. The first-order chi connectivity index (χ1) is 12.4. The molecule has 0 bridgehead atoms. The molecule has 4 nitrogen and oxygen atoms in total. The predicted molar refractivity (Wildman–Crippen MR) is 107 cm³/mol. The van der Waals surface area contributed by atoms with E-state index in [1.807, 2.05) is 56.3 Å². The van der Waals surface area contributed by atoms with Crippen molar-refractivity contribution < 1.29 is 4.79 Å². The van der Waals surface area contributed by atoms with Crippen LogP contribution in [0, 0.1) is 13.8 Å². The van der Waals surface area contributed by atoms with Crippen LogP contribution in [0.4, 0.5) is 5.69 Å². The van der Waals surface area contributed by atoms with Crippen LogP contribution in [-0.2, 0) is 0 Å². The zero-order valence-corrected chi connectivity index (χ0v) is 16.1. The van der Waals surface area contributed by atoms with Gasteiger partial charge < -0.3 is 5.32 Å². The van der Waals surface area contributed by atoms with Gasteiger partial charge in [-0.25, -0.2) is 4.68 Å². The van der Waals surface area contributed by atoms with Crippen molar-refractivity contribution in [3.05, 3.63) is 76.1 Å². The zero-order chi connectivity index (χ0) is 18.8. The monoisotopic (exact) mass is 367 g/mol. The number of aromatic nitrogens is 2. The Morgan fingerprint density at radius 2 is 1.81 bits per heavy atom. The fraction of sp³-hybridized carbons (Fsp3) is 0.238. The van der Waals surface area contributed by atoms with Crippen LogP contribution in [-0.4, -0.2) is 15.7 Å². The summed E-state index contributed by atoms with van der Waals surface area (Å²) in [6.45, 7) is 8.10. The van der Waals surface area contributed by atoms with Crippen molar-refractivity contribution in [2.24, 2.45) is 0 Å². The first-order valence-corrected chi connectivity index (χ1v) is 8.97. The fourth-order valence-electron chi connectivity index (χ4n) is 2.94. The van der Waals surface area contributed by atoms with E-state index < -0.39 is 0 Å². The minimum Gasteiger partial charge on any atom is -0.322 e. The average Bonchev–Trinajstić information content (AvgIpc) is 3.04. The Morgan fingerprint density at radius 3 is 2.46 bits per heavy atom. The molecule has 0 saturated carbocycles. The summed E-state index contributed by atoms with van der Waals surface area (Å²) in [5.41, 5.74) is 5.28. The van der Waals surface area contributed by atoms with Crippen LogP contribution in [0.15, 0.2) is 48.7 Å². The molecule has 0 aliphatic carbocycles. The third-order valence-electron chi connectivity index (χ3n) is 4.31. The molecule has 2 aromatic carbocycles. The molecule has 3 aromatic rings. The number of amides is 1. The molecule has 0 aliphatic rings. The summed E-state index contributed by atoms with van der Waals surface area (Å²) in [6.07, 6.45) is 1.63. The van der Waals surface area contributed by atoms with Crippen molar-refractivity contribution in [3.63, 3.8) is 0 Å². The molecule has 26 heavy (non-hydrogen) atoms. The lowest BCUT2D eigenvalue weighted by atomic mass is 10.0. The molecule has 1 amide bonds. The summed E-state index contributed by atoms with van der Waals surface area (Å²) in [5, 5.41) is 8.14. The molecule has 1 heterocycles. The van der Waals surface area contributed by atoms with E-state index in [4.69, 9.17) is 11.6 Å². The highest BCUT2D eigenvalue weighted by Gasteiger charge is 2.21. The van der Waals surface area contributed by atoms with E-state index in [0.29, 0.717) is 10.6 Å². The number of aryl methyl sites for hydroxylation is 2. The van der Waals surface area contributed by atoms with E-state index >= 15 is 0 Å². The van der Waals surface area contributed by atoms with Gasteiger partial charge in [-0.15, -0.1) is 0 Å². The molecule has 3 rings (SSSR count). The Bertz CT molecular complexity index is 942. The minimum atomic E-state index is -0.150. The lowest BCUT2D eigenvalue weighted by Gasteiger charge is -2.14. The highest BCUT2D eigenvalue weighted by Crippen LogP contribution is 2.25. The molecule has 0 fully saturated rings. The van der Waals surface area contributed by atoms with Crippen LogP contribution < -0.4 is 5.32 Å². The van der Waals surface area contributed by atoms with Gasteiger partial charge in [0.15, 0.2) is 0 Å². The van der Waals surface area contributed by atoms with Crippen molar-refractivity contribution in [1.29, 1.82) is 0 Å². The minimum absolute atomic E-state index is 0.132. The second-order valence-corrected chi connectivity index (χ2v) is 7.20. The molecule has 1 aromatic heterocycles. The molecular weight excluding hydrogens is 346 g/mol. The summed E-state index contributed by atoms with van der Waals surface area (Å²) in [4.78, 5) is 12.9. The number of benzene rings is 2. The smallest absolute Gasteiger partial charge is 0.259 e. The molecule has 5 heteroatoms. The number of anilines is 1. The van der Waals surface area contributed by atoms with Crippen LogP contribution >= 0.6 is 11.6 Å². The van der Waals surface area contributed by atoms with E-state index in [1.165, 1.54) is 0 Å². The van der Waals surface area contributed by atoms with Crippen molar-refractivity contribution in [3.8, 4) is 5.69 Å². The van der Waals surface area contributed by atoms with Gasteiger partial charge in [0.1, 0.15) is 0 Å². The highest BCUT2D eigenvalue weighted by atomic mass is 35.5. The van der Waals surface area contributed by atoms with Crippen molar-refractivity contribution in [2.45, 2.75) is 33.6 Å². The van der Waals surface area contributed by atoms with Crippen LogP contribution in [0.1, 0.15) is 46.9 Å². The second-order valence-electron chi connectivity index (χ2n) is 6.76. The molecule has 0 saturated heterocycles. The molecule has 0 aliphatic heterocycles. The predicted octanol–water partition coefficient (Wildman–Crippen LogP) is 5.52. The molecule has 0 radical (unpaired) electrons. The summed E-state index contributed by atoms with van der Waals surface area (Å²) in [7, 11) is 0. The number of hydrogen-bond acceptors (Lipinski definition) is 2. The first kappa shape index (κ1) is 18.2. The number of halogens is 1. The Balaban J connectivity index is 1.98. The topological polar surface area (TPSA) is 46.9 Å². The van der Waals surface area contributed by atoms with Gasteiger partial charge in [0, 0.05) is 10.7 Å². The van der Waals surface area contributed by atoms with E-state index in [9.17, 15) is 4.79 Å². The number of nitrogens with zero attached hydrogens (tertiary/aromatic N) is 2. The van der Waals surface area contributed by atoms with Gasteiger partial charge in [0.05, 0.1) is 23.1 Å². The van der Waals surface area contributed by atoms with E-state index in [-0.39, 0.29) is 11.8 Å². The van der Waals surface area contributed by atoms with Crippen molar-refractivity contribution in [2.75, 3.05) is 5.32 Å². The molecule has 0 atom stereocenters. The Kier molecular flexibility index (Phi) is 5.14. The largest absolute Gasteiger partial charge is 0.322 e. The van der Waals surface area contributed by atoms with Crippen LogP contribution in [0.3, 0.4) is 0 Å². The van der Waals surface area contributed by atoms with Crippen LogP contribution in [0.25, 0.3) is 5.69 Å². The van der Waals surface area contributed by atoms with E-state index in [0.717, 1.165) is 28.2 Å². The quantitative estimate of drug-likeness (QED) is 0.660. The third-order valence-corrected chi connectivity index (χ3v) is 4.56. The SMILES string of the molecule is Cc1ccc(C)c(NC(=O)c2cnn(-c3ccc(Cl)cc3)c2C(C)C)c1. The molecule has 134 valence electrons. The summed E-state index contributed by atoms with van der Waals surface area (Å²) < 4.78 is 1.80. The standard InChI is InChI=1S/C21H22ClN3O/c1-13(2)20-18(12-23-25(20)17-9-7-16(22)8-10-17)21(26)24-19-11-14(3)5-6-15(19)4/h5-13H,1-4H3,(H,24,26). The van der Waals surface area contributed by atoms with Crippen molar-refractivity contribution in [1.82, 2.24) is 9.78 Å². The number of hydrogen-bond donors (Lipinski definition) is 1. The number of nitrogens with one attached hydrogen (secondary N) is 1. The number of carbonyl (C=O) groups excluding carboxylic acids is 1. The normalized spacial score (nSPS) is 11.0.